The Kier molecular flexibility index (Phi) is 5.57. The molecule has 3 aromatic rings. The Morgan fingerprint density at radius 2 is 1.77 bits per heavy atom. The van der Waals surface area contributed by atoms with E-state index in [9.17, 15) is 14.4 Å². The van der Waals surface area contributed by atoms with Crippen LogP contribution in [0.3, 0.4) is 0 Å². The Morgan fingerprint density at radius 1 is 0.968 bits per heavy atom. The monoisotopic (exact) mass is 422 g/mol. The number of anilines is 2. The maximum atomic E-state index is 12.6. The number of hydrogen-bond donors (Lipinski definition) is 2. The maximum Gasteiger partial charge on any atom is 0.341 e. The molecule has 9 nitrogen and oxygen atoms in total. The maximum absolute atomic E-state index is 12.6. The minimum Gasteiger partial charge on any atom is -0.459 e. The molecule has 0 unspecified atom stereocenters. The van der Waals surface area contributed by atoms with Gasteiger partial charge in [-0.2, -0.15) is 0 Å². The number of para-hydroxylation sites is 1. The molecule has 0 aliphatic carbocycles. The minimum absolute atomic E-state index is 0.0969. The highest BCUT2D eigenvalue weighted by Crippen LogP contribution is 2.34. The molecule has 2 amide bonds. The highest BCUT2D eigenvalue weighted by atomic mass is 16.7. The van der Waals surface area contributed by atoms with Crippen LogP contribution >= 0.6 is 0 Å². The normalized spacial score (nSPS) is 12.7. The number of esters is 1. The second-order valence-corrected chi connectivity index (χ2v) is 6.58. The van der Waals surface area contributed by atoms with Gasteiger partial charge in [0.1, 0.15) is 0 Å². The predicted molar refractivity (Wildman–Crippen MR) is 109 cm³/mol. The van der Waals surface area contributed by atoms with Gasteiger partial charge in [-0.3, -0.25) is 9.59 Å². The molecule has 1 aromatic heterocycles. The molecule has 0 fully saturated rings. The summed E-state index contributed by atoms with van der Waals surface area (Å²) in [5.41, 5.74) is 0.811. The largest absolute Gasteiger partial charge is 0.459 e. The van der Waals surface area contributed by atoms with Crippen molar-refractivity contribution in [3.8, 4) is 11.5 Å². The van der Waals surface area contributed by atoms with Crippen LogP contribution in [-0.2, 0) is 9.53 Å². The first-order valence-corrected chi connectivity index (χ1v) is 9.36. The molecule has 0 radical (unpaired) electrons. The number of carbonyl (C=O) groups is 3. The number of fused-ring (bicyclic) bond motifs is 1. The highest BCUT2D eigenvalue weighted by molar-refractivity contribution is 6.07. The molecule has 2 N–H and O–H groups in total. The van der Waals surface area contributed by atoms with E-state index in [2.05, 4.69) is 10.6 Å². The summed E-state index contributed by atoms with van der Waals surface area (Å²) in [5.74, 6) is -0.596. The lowest BCUT2D eigenvalue weighted by Crippen LogP contribution is -2.30. The molecule has 31 heavy (non-hydrogen) atoms. The van der Waals surface area contributed by atoms with E-state index in [-0.39, 0.29) is 23.8 Å². The number of ether oxygens (including phenoxy) is 3. The molecule has 4 rings (SSSR count). The van der Waals surface area contributed by atoms with Gasteiger partial charge in [-0.15, -0.1) is 0 Å². The lowest BCUT2D eigenvalue weighted by Gasteiger charge is -2.15. The van der Waals surface area contributed by atoms with Crippen molar-refractivity contribution in [1.29, 1.82) is 0 Å². The topological polar surface area (TPSA) is 116 Å². The van der Waals surface area contributed by atoms with Gasteiger partial charge in [0, 0.05) is 11.8 Å². The summed E-state index contributed by atoms with van der Waals surface area (Å²) in [6, 6.07) is 14.3. The van der Waals surface area contributed by atoms with Crippen LogP contribution in [0.1, 0.15) is 27.8 Å². The summed E-state index contributed by atoms with van der Waals surface area (Å²) in [6.07, 6.45) is 0.280. The number of amides is 2. The predicted octanol–water partition coefficient (Wildman–Crippen LogP) is 3.44. The molecule has 0 saturated carbocycles. The van der Waals surface area contributed by atoms with Gasteiger partial charge < -0.3 is 29.3 Å². The molecule has 1 aliphatic rings. The number of carbonyl (C=O) groups excluding carboxylic acids is 3. The van der Waals surface area contributed by atoms with E-state index in [0.29, 0.717) is 17.2 Å². The lowest BCUT2D eigenvalue weighted by molar-refractivity contribution is -0.123. The number of rotatable bonds is 6. The Balaban J connectivity index is 1.40. The van der Waals surface area contributed by atoms with Gasteiger partial charge in [0.25, 0.3) is 11.8 Å². The van der Waals surface area contributed by atoms with E-state index in [1.165, 1.54) is 25.3 Å². The molecular formula is C22H18N2O7. The van der Waals surface area contributed by atoms with Gasteiger partial charge in [-0.25, -0.2) is 4.79 Å². The molecule has 0 spiro atoms. The third-order valence-electron chi connectivity index (χ3n) is 4.43. The molecular weight excluding hydrogens is 404 g/mol. The highest BCUT2D eigenvalue weighted by Gasteiger charge is 2.23. The van der Waals surface area contributed by atoms with Gasteiger partial charge in [0.15, 0.2) is 23.4 Å². The fraction of sp³-hybridized carbons (Fsp3) is 0.136. The van der Waals surface area contributed by atoms with Crippen molar-refractivity contribution in [2.45, 2.75) is 13.0 Å². The summed E-state index contributed by atoms with van der Waals surface area (Å²) >= 11 is 0. The third-order valence-corrected chi connectivity index (χ3v) is 4.43. The van der Waals surface area contributed by atoms with Crippen LogP contribution < -0.4 is 20.1 Å². The fourth-order valence-corrected chi connectivity index (χ4v) is 2.86. The first-order chi connectivity index (χ1) is 15.0. The Bertz CT molecular complexity index is 1120. The fourth-order valence-electron chi connectivity index (χ4n) is 2.86. The van der Waals surface area contributed by atoms with Crippen molar-refractivity contribution in [2.24, 2.45) is 0 Å². The average molecular weight is 422 g/mol. The lowest BCUT2D eigenvalue weighted by atomic mass is 10.1. The van der Waals surface area contributed by atoms with Crippen molar-refractivity contribution in [2.75, 3.05) is 17.4 Å². The average Bonchev–Trinajstić information content (AvgIpc) is 3.45. The van der Waals surface area contributed by atoms with E-state index in [4.69, 9.17) is 18.6 Å². The number of hydrogen-bond acceptors (Lipinski definition) is 7. The zero-order valence-electron chi connectivity index (χ0n) is 16.4. The van der Waals surface area contributed by atoms with E-state index >= 15 is 0 Å². The summed E-state index contributed by atoms with van der Waals surface area (Å²) in [6.45, 7) is 1.57. The van der Waals surface area contributed by atoms with Crippen molar-refractivity contribution in [3.05, 3.63) is 72.2 Å². The first-order valence-electron chi connectivity index (χ1n) is 9.36. The summed E-state index contributed by atoms with van der Waals surface area (Å²) in [7, 11) is 0. The van der Waals surface area contributed by atoms with Crippen LogP contribution in [-0.4, -0.2) is 30.7 Å². The summed E-state index contributed by atoms with van der Waals surface area (Å²) < 4.78 is 20.8. The van der Waals surface area contributed by atoms with E-state index in [0.717, 1.165) is 0 Å². The Labute approximate surface area is 176 Å². The van der Waals surface area contributed by atoms with Crippen LogP contribution in [0.5, 0.6) is 11.5 Å². The number of benzene rings is 2. The SMILES string of the molecule is C[C@H](OC(=O)c1ccccc1NC(=O)c1ccco1)C(=O)Nc1ccc2c(c1)OCO2. The molecule has 0 saturated heterocycles. The second kappa shape index (κ2) is 8.62. The van der Waals surface area contributed by atoms with E-state index < -0.39 is 23.9 Å². The van der Waals surface area contributed by atoms with Crippen LogP contribution in [0.25, 0.3) is 0 Å². The van der Waals surface area contributed by atoms with Crippen molar-refractivity contribution in [1.82, 2.24) is 0 Å². The molecule has 1 aliphatic heterocycles. The molecule has 9 heteroatoms. The van der Waals surface area contributed by atoms with Crippen molar-refractivity contribution < 1.29 is 33.0 Å². The van der Waals surface area contributed by atoms with E-state index in [1.54, 1.807) is 42.5 Å². The number of nitrogens with one attached hydrogen (secondary N) is 2. The molecule has 0 bridgehead atoms. The third kappa shape index (κ3) is 4.50. The van der Waals surface area contributed by atoms with Crippen LogP contribution in [0.15, 0.2) is 65.3 Å². The van der Waals surface area contributed by atoms with Gasteiger partial charge >= 0.3 is 5.97 Å². The van der Waals surface area contributed by atoms with Crippen LogP contribution in [0.4, 0.5) is 11.4 Å². The molecule has 158 valence electrons. The molecule has 1 atom stereocenters. The Morgan fingerprint density at radius 3 is 2.58 bits per heavy atom. The van der Waals surface area contributed by atoms with E-state index in [1.807, 2.05) is 0 Å². The quantitative estimate of drug-likeness (QED) is 0.585. The first kappa shape index (κ1) is 20.0. The Hall–Kier alpha value is -4.27. The van der Waals surface area contributed by atoms with Crippen LogP contribution in [0, 0.1) is 0 Å². The van der Waals surface area contributed by atoms with Crippen molar-refractivity contribution in [3.63, 3.8) is 0 Å². The van der Waals surface area contributed by atoms with Crippen LogP contribution in [0.2, 0.25) is 0 Å². The second-order valence-electron chi connectivity index (χ2n) is 6.58. The standard InChI is InChI=1S/C22H18N2O7/c1-13(20(25)23-14-8-9-17-19(11-14)30-12-29-17)31-22(27)15-5-2-3-6-16(15)24-21(26)18-7-4-10-28-18/h2-11,13H,12H2,1H3,(H,23,25)(H,24,26)/t13-/m0/s1. The molecule has 2 heterocycles. The minimum atomic E-state index is -1.09. The molecule has 2 aromatic carbocycles. The van der Waals surface area contributed by atoms with Gasteiger partial charge in [0.2, 0.25) is 6.79 Å². The smallest absolute Gasteiger partial charge is 0.341 e. The summed E-state index contributed by atoms with van der Waals surface area (Å²) in [5, 5.41) is 5.26. The van der Waals surface area contributed by atoms with Gasteiger partial charge in [0.05, 0.1) is 17.5 Å². The zero-order valence-corrected chi connectivity index (χ0v) is 16.4. The van der Waals surface area contributed by atoms with Crippen molar-refractivity contribution >= 4 is 29.2 Å². The zero-order chi connectivity index (χ0) is 21.8. The number of furan rings is 1. The van der Waals surface area contributed by atoms with Gasteiger partial charge in [-0.05, 0) is 43.3 Å². The summed E-state index contributed by atoms with van der Waals surface area (Å²) in [4.78, 5) is 37.3. The van der Waals surface area contributed by atoms with Gasteiger partial charge in [-0.1, -0.05) is 12.1 Å².